The molecule has 0 saturated carbocycles. The molecule has 2 saturated heterocycles. The predicted octanol–water partition coefficient (Wildman–Crippen LogP) is 0.633. The molecule has 3 atom stereocenters. The molecular weight excluding hydrogens is 232 g/mol. The van der Waals surface area contributed by atoms with Crippen LogP contribution in [0.1, 0.15) is 33.1 Å². The Labute approximate surface area is 108 Å². The molecule has 0 bridgehead atoms. The van der Waals surface area contributed by atoms with Crippen LogP contribution >= 0.6 is 0 Å². The summed E-state index contributed by atoms with van der Waals surface area (Å²) in [5.41, 5.74) is 0. The summed E-state index contributed by atoms with van der Waals surface area (Å²) in [7, 11) is 1.62. The van der Waals surface area contributed by atoms with Gasteiger partial charge >= 0.3 is 0 Å². The molecule has 0 radical (unpaired) electrons. The van der Waals surface area contributed by atoms with Crippen LogP contribution in [0.5, 0.6) is 0 Å². The zero-order valence-corrected chi connectivity index (χ0v) is 11.4. The molecule has 2 aliphatic heterocycles. The van der Waals surface area contributed by atoms with E-state index in [0.717, 1.165) is 19.4 Å². The fourth-order valence-electron chi connectivity index (χ4n) is 3.14. The number of amides is 2. The number of hydrogen-bond acceptors (Lipinski definition) is 3. The number of rotatable bonds is 4. The topological polar surface area (TPSA) is 49.9 Å². The zero-order valence-electron chi connectivity index (χ0n) is 11.4. The molecule has 0 N–H and O–H groups in total. The minimum absolute atomic E-state index is 0.0425. The van der Waals surface area contributed by atoms with Crippen LogP contribution in [0.3, 0.4) is 0 Å². The van der Waals surface area contributed by atoms with E-state index >= 15 is 0 Å². The van der Waals surface area contributed by atoms with E-state index in [1.807, 2.05) is 13.8 Å². The SMILES string of the molecule is CCC1C(=O)N2CCCC2C(=O)N1C(C)COC. The lowest BCUT2D eigenvalue weighted by atomic mass is 10.0. The van der Waals surface area contributed by atoms with Gasteiger partial charge < -0.3 is 14.5 Å². The molecule has 102 valence electrons. The van der Waals surface area contributed by atoms with Crippen LogP contribution in [0.4, 0.5) is 0 Å². The number of fused-ring (bicyclic) bond motifs is 1. The molecule has 5 heteroatoms. The number of carbonyl (C=O) groups excluding carboxylic acids is 2. The van der Waals surface area contributed by atoms with Gasteiger partial charge in [-0.3, -0.25) is 9.59 Å². The monoisotopic (exact) mass is 254 g/mol. The van der Waals surface area contributed by atoms with E-state index in [9.17, 15) is 9.59 Å². The molecule has 3 unspecified atom stereocenters. The summed E-state index contributed by atoms with van der Waals surface area (Å²) in [5, 5.41) is 0. The fourth-order valence-corrected chi connectivity index (χ4v) is 3.14. The second kappa shape index (κ2) is 5.26. The van der Waals surface area contributed by atoms with Crippen LogP contribution in [-0.2, 0) is 14.3 Å². The van der Waals surface area contributed by atoms with Gasteiger partial charge in [0.15, 0.2) is 0 Å². The highest BCUT2D eigenvalue weighted by molar-refractivity contribution is 5.97. The number of hydrogen-bond donors (Lipinski definition) is 0. The molecule has 5 nitrogen and oxygen atoms in total. The molecule has 0 aromatic heterocycles. The summed E-state index contributed by atoms with van der Waals surface area (Å²) >= 11 is 0. The summed E-state index contributed by atoms with van der Waals surface area (Å²) in [6.07, 6.45) is 2.41. The molecule has 2 aliphatic rings. The average Bonchev–Trinajstić information content (AvgIpc) is 2.83. The number of nitrogens with zero attached hydrogens (tertiary/aromatic N) is 2. The molecule has 0 aromatic rings. The van der Waals surface area contributed by atoms with Gasteiger partial charge in [-0.2, -0.15) is 0 Å². The standard InChI is InChI=1S/C13H22N2O3/c1-4-10-12(16)14-7-5-6-11(14)13(17)15(10)9(2)8-18-3/h9-11H,4-8H2,1-3H3. The molecule has 2 fully saturated rings. The highest BCUT2D eigenvalue weighted by Gasteiger charge is 2.48. The first-order valence-electron chi connectivity index (χ1n) is 6.73. The maximum atomic E-state index is 12.5. The van der Waals surface area contributed by atoms with Crippen molar-refractivity contribution in [3.63, 3.8) is 0 Å². The maximum Gasteiger partial charge on any atom is 0.246 e. The smallest absolute Gasteiger partial charge is 0.246 e. The normalized spacial score (nSPS) is 29.7. The second-order valence-corrected chi connectivity index (χ2v) is 5.16. The minimum Gasteiger partial charge on any atom is -0.383 e. The van der Waals surface area contributed by atoms with Crippen molar-refractivity contribution >= 4 is 11.8 Å². The van der Waals surface area contributed by atoms with Gasteiger partial charge in [0, 0.05) is 13.7 Å². The summed E-state index contributed by atoms with van der Waals surface area (Å²) in [6.45, 7) is 5.11. The van der Waals surface area contributed by atoms with Gasteiger partial charge in [0.2, 0.25) is 11.8 Å². The number of piperazine rings is 1. The van der Waals surface area contributed by atoms with Crippen molar-refractivity contribution in [3.8, 4) is 0 Å². The Balaban J connectivity index is 2.25. The zero-order chi connectivity index (χ0) is 13.3. The number of methoxy groups -OCH3 is 1. The predicted molar refractivity (Wildman–Crippen MR) is 67.0 cm³/mol. The van der Waals surface area contributed by atoms with E-state index in [4.69, 9.17) is 4.74 Å². The first kappa shape index (κ1) is 13.3. The Morgan fingerprint density at radius 1 is 1.39 bits per heavy atom. The molecular formula is C13H22N2O3. The fraction of sp³-hybridized carbons (Fsp3) is 0.846. The lowest BCUT2D eigenvalue weighted by molar-refractivity contribution is -0.163. The van der Waals surface area contributed by atoms with E-state index in [-0.39, 0.29) is 29.9 Å². The minimum atomic E-state index is -0.308. The average molecular weight is 254 g/mol. The van der Waals surface area contributed by atoms with Gasteiger partial charge in [0.1, 0.15) is 12.1 Å². The first-order valence-corrected chi connectivity index (χ1v) is 6.73. The van der Waals surface area contributed by atoms with E-state index in [1.165, 1.54) is 0 Å². The van der Waals surface area contributed by atoms with Crippen molar-refractivity contribution < 1.29 is 14.3 Å². The lowest BCUT2D eigenvalue weighted by Crippen LogP contribution is -2.65. The Morgan fingerprint density at radius 3 is 2.72 bits per heavy atom. The summed E-state index contributed by atoms with van der Waals surface area (Å²) < 4.78 is 5.13. The Hall–Kier alpha value is -1.10. The number of ether oxygens (including phenoxy) is 1. The van der Waals surface area contributed by atoms with E-state index < -0.39 is 0 Å². The van der Waals surface area contributed by atoms with Gasteiger partial charge in [-0.1, -0.05) is 6.92 Å². The Bertz CT molecular complexity index is 345. The third-order valence-electron chi connectivity index (χ3n) is 3.97. The van der Waals surface area contributed by atoms with Crippen molar-refractivity contribution in [3.05, 3.63) is 0 Å². The highest BCUT2D eigenvalue weighted by atomic mass is 16.5. The largest absolute Gasteiger partial charge is 0.383 e. The quantitative estimate of drug-likeness (QED) is 0.739. The molecule has 2 rings (SSSR count). The van der Waals surface area contributed by atoms with Crippen molar-refractivity contribution in [2.24, 2.45) is 0 Å². The molecule has 18 heavy (non-hydrogen) atoms. The molecule has 0 aliphatic carbocycles. The van der Waals surface area contributed by atoms with Crippen LogP contribution in [-0.4, -0.2) is 60.0 Å². The number of carbonyl (C=O) groups is 2. The third-order valence-corrected chi connectivity index (χ3v) is 3.97. The van der Waals surface area contributed by atoms with E-state index in [0.29, 0.717) is 13.0 Å². The molecule has 2 amide bonds. The van der Waals surface area contributed by atoms with Crippen LogP contribution in [0, 0.1) is 0 Å². The van der Waals surface area contributed by atoms with Crippen LogP contribution in [0.25, 0.3) is 0 Å². The maximum absolute atomic E-state index is 12.5. The van der Waals surface area contributed by atoms with Crippen LogP contribution < -0.4 is 0 Å². The van der Waals surface area contributed by atoms with Gasteiger partial charge in [0.25, 0.3) is 0 Å². The summed E-state index contributed by atoms with van der Waals surface area (Å²) in [6, 6.07) is -0.573. The van der Waals surface area contributed by atoms with Gasteiger partial charge in [-0.05, 0) is 26.2 Å². The first-order chi connectivity index (χ1) is 8.61. The lowest BCUT2D eigenvalue weighted by Gasteiger charge is -2.44. The van der Waals surface area contributed by atoms with Crippen molar-refractivity contribution in [1.29, 1.82) is 0 Å². The van der Waals surface area contributed by atoms with Gasteiger partial charge in [-0.15, -0.1) is 0 Å². The second-order valence-electron chi connectivity index (χ2n) is 5.16. The van der Waals surface area contributed by atoms with Crippen LogP contribution in [0.15, 0.2) is 0 Å². The van der Waals surface area contributed by atoms with Crippen molar-refractivity contribution in [1.82, 2.24) is 9.80 Å². The molecule has 2 heterocycles. The molecule has 0 spiro atoms. The van der Waals surface area contributed by atoms with Gasteiger partial charge in [-0.25, -0.2) is 0 Å². The van der Waals surface area contributed by atoms with Gasteiger partial charge in [0.05, 0.1) is 12.6 Å². The summed E-state index contributed by atoms with van der Waals surface area (Å²) in [4.78, 5) is 28.4. The van der Waals surface area contributed by atoms with Crippen LogP contribution in [0.2, 0.25) is 0 Å². The van der Waals surface area contributed by atoms with Crippen molar-refractivity contribution in [2.45, 2.75) is 51.2 Å². The van der Waals surface area contributed by atoms with Crippen molar-refractivity contribution in [2.75, 3.05) is 20.3 Å². The molecule has 0 aromatic carbocycles. The van der Waals surface area contributed by atoms with E-state index in [2.05, 4.69) is 0 Å². The highest BCUT2D eigenvalue weighted by Crippen LogP contribution is 2.29. The Morgan fingerprint density at radius 2 is 2.11 bits per heavy atom. The summed E-state index contributed by atoms with van der Waals surface area (Å²) in [5.74, 6) is 0.214. The Kier molecular flexibility index (Phi) is 3.90. The third kappa shape index (κ3) is 2.00. The van der Waals surface area contributed by atoms with E-state index in [1.54, 1.807) is 16.9 Å².